The van der Waals surface area contributed by atoms with E-state index in [-0.39, 0.29) is 0 Å². The molecule has 5 heteroatoms. The predicted molar refractivity (Wildman–Crippen MR) is 83.7 cm³/mol. The molecule has 1 aromatic carbocycles. The smallest absolute Gasteiger partial charge is 0.284 e. The highest BCUT2D eigenvalue weighted by molar-refractivity contribution is 7.71. The third-order valence-corrected chi connectivity index (χ3v) is 3.76. The monoisotopic (exact) mass is 310 g/mol. The lowest BCUT2D eigenvalue weighted by atomic mass is 9.89. The normalized spacial score (nSPS) is 12.8. The summed E-state index contributed by atoms with van der Waals surface area (Å²) in [7, 11) is 0. The van der Waals surface area contributed by atoms with Gasteiger partial charge in [-0.15, -0.1) is 5.10 Å². The zero-order valence-corrected chi connectivity index (χ0v) is 13.3. The molecule has 2 rings (SSSR count). The van der Waals surface area contributed by atoms with Gasteiger partial charge < -0.3 is 4.42 Å². The fourth-order valence-electron chi connectivity index (χ4n) is 2.21. The first-order valence-corrected chi connectivity index (χ1v) is 7.63. The molecule has 20 heavy (non-hydrogen) atoms. The quantitative estimate of drug-likeness (QED) is 0.750. The van der Waals surface area contributed by atoms with Gasteiger partial charge >= 0.3 is 0 Å². The van der Waals surface area contributed by atoms with Crippen LogP contribution in [0.3, 0.4) is 0 Å². The van der Waals surface area contributed by atoms with Gasteiger partial charge in [-0.3, -0.25) is 0 Å². The van der Waals surface area contributed by atoms with Crippen LogP contribution < -0.4 is 0 Å². The molecule has 1 heterocycles. The van der Waals surface area contributed by atoms with Crippen LogP contribution in [0.1, 0.15) is 44.1 Å². The van der Waals surface area contributed by atoms with Gasteiger partial charge in [-0.2, -0.15) is 0 Å². The van der Waals surface area contributed by atoms with Crippen molar-refractivity contribution >= 4 is 23.8 Å². The number of H-pyrrole nitrogens is 1. The first kappa shape index (κ1) is 15.3. The van der Waals surface area contributed by atoms with Crippen LogP contribution in [-0.2, 0) is 6.42 Å². The van der Waals surface area contributed by atoms with Crippen molar-refractivity contribution in [3.05, 3.63) is 45.6 Å². The minimum atomic E-state index is 0.332. The van der Waals surface area contributed by atoms with Crippen molar-refractivity contribution in [1.29, 1.82) is 0 Å². The number of hydrogen-bond donors (Lipinski definition) is 1. The van der Waals surface area contributed by atoms with Crippen LogP contribution in [0.2, 0.25) is 5.02 Å². The van der Waals surface area contributed by atoms with Gasteiger partial charge in [0.25, 0.3) is 4.84 Å². The minimum absolute atomic E-state index is 0.332. The summed E-state index contributed by atoms with van der Waals surface area (Å²) in [6.07, 6.45) is 3.01. The fourth-order valence-corrected chi connectivity index (χ4v) is 2.48. The molecule has 1 unspecified atom stereocenters. The van der Waals surface area contributed by atoms with Crippen LogP contribution in [0.25, 0.3) is 0 Å². The molecule has 0 radical (unpaired) electrons. The van der Waals surface area contributed by atoms with Crippen LogP contribution in [0.4, 0.5) is 0 Å². The third kappa shape index (κ3) is 4.46. The molecule has 1 atom stereocenters. The molecular formula is C15H19ClN2OS. The lowest BCUT2D eigenvalue weighted by Gasteiger charge is -2.17. The number of halogens is 1. The van der Waals surface area contributed by atoms with Crippen LogP contribution in [0, 0.1) is 10.8 Å². The first-order valence-electron chi connectivity index (χ1n) is 6.84. The van der Waals surface area contributed by atoms with Crippen molar-refractivity contribution in [2.45, 2.75) is 39.0 Å². The SMILES string of the molecule is CC(C)CCC(Cc1n[nH]c(=S)o1)c1ccc(Cl)cc1. The van der Waals surface area contributed by atoms with Crippen LogP contribution >= 0.6 is 23.8 Å². The number of nitrogens with zero attached hydrogens (tertiary/aromatic N) is 1. The maximum atomic E-state index is 5.96. The van der Waals surface area contributed by atoms with Gasteiger partial charge in [-0.1, -0.05) is 44.0 Å². The Morgan fingerprint density at radius 3 is 2.50 bits per heavy atom. The standard InChI is InChI=1S/C15H19ClN2OS/c1-10(2)3-4-12(9-14-17-18-15(20)19-14)11-5-7-13(16)8-6-11/h5-8,10,12H,3-4,9H2,1-2H3,(H,18,20). The van der Waals surface area contributed by atoms with Gasteiger partial charge in [-0.25, -0.2) is 5.10 Å². The summed E-state index contributed by atoms with van der Waals surface area (Å²) in [4.78, 5) is 0.332. The number of rotatable bonds is 6. The number of hydrogen-bond acceptors (Lipinski definition) is 3. The molecule has 108 valence electrons. The van der Waals surface area contributed by atoms with E-state index in [1.165, 1.54) is 12.0 Å². The molecule has 1 N–H and O–H groups in total. The molecule has 0 aliphatic heterocycles. The number of benzene rings is 1. The lowest BCUT2D eigenvalue weighted by molar-refractivity contribution is 0.432. The highest BCUT2D eigenvalue weighted by Gasteiger charge is 2.16. The molecule has 0 aliphatic rings. The molecule has 0 saturated carbocycles. The van der Waals surface area contributed by atoms with E-state index < -0.39 is 0 Å². The van der Waals surface area contributed by atoms with E-state index in [0.717, 1.165) is 17.9 Å². The fraction of sp³-hybridized carbons (Fsp3) is 0.467. The second-order valence-corrected chi connectivity index (χ2v) is 6.24. The van der Waals surface area contributed by atoms with E-state index >= 15 is 0 Å². The Kier molecular flexibility index (Phi) is 5.38. The van der Waals surface area contributed by atoms with Gasteiger partial charge in [-0.05, 0) is 48.2 Å². The Bertz CT molecular complexity index is 588. The minimum Gasteiger partial charge on any atom is -0.414 e. The number of aromatic nitrogens is 2. The van der Waals surface area contributed by atoms with E-state index in [1.54, 1.807) is 0 Å². The summed E-state index contributed by atoms with van der Waals surface area (Å²) in [5.74, 6) is 1.71. The summed E-state index contributed by atoms with van der Waals surface area (Å²) in [5, 5.41) is 7.54. The van der Waals surface area contributed by atoms with Crippen molar-refractivity contribution in [3.63, 3.8) is 0 Å². The number of nitrogens with one attached hydrogen (secondary N) is 1. The maximum absolute atomic E-state index is 5.96. The molecule has 3 nitrogen and oxygen atoms in total. The lowest BCUT2D eigenvalue weighted by Crippen LogP contribution is -2.05. The Morgan fingerprint density at radius 2 is 1.95 bits per heavy atom. The Hall–Kier alpha value is -1.13. The molecule has 0 amide bonds. The molecule has 0 saturated heterocycles. The predicted octanol–water partition coefficient (Wildman–Crippen LogP) is 5.15. The van der Waals surface area contributed by atoms with Crippen LogP contribution in [0.5, 0.6) is 0 Å². The average Bonchev–Trinajstić information content (AvgIpc) is 2.81. The second-order valence-electron chi connectivity index (χ2n) is 5.43. The summed E-state index contributed by atoms with van der Waals surface area (Å²) in [6.45, 7) is 4.47. The largest absolute Gasteiger partial charge is 0.414 e. The maximum Gasteiger partial charge on any atom is 0.284 e. The highest BCUT2D eigenvalue weighted by Crippen LogP contribution is 2.28. The Balaban J connectivity index is 2.15. The zero-order chi connectivity index (χ0) is 14.5. The van der Waals surface area contributed by atoms with Gasteiger partial charge in [0.1, 0.15) is 0 Å². The van der Waals surface area contributed by atoms with Crippen LogP contribution in [0.15, 0.2) is 28.7 Å². The Labute approximate surface area is 129 Å². The van der Waals surface area contributed by atoms with Crippen molar-refractivity contribution < 1.29 is 4.42 Å². The van der Waals surface area contributed by atoms with Crippen molar-refractivity contribution in [2.24, 2.45) is 5.92 Å². The molecule has 0 aliphatic carbocycles. The van der Waals surface area contributed by atoms with E-state index in [0.29, 0.717) is 22.6 Å². The summed E-state index contributed by atoms with van der Waals surface area (Å²) in [5.41, 5.74) is 1.26. The molecule has 1 aromatic heterocycles. The van der Waals surface area contributed by atoms with Gasteiger partial charge in [0, 0.05) is 11.4 Å². The summed E-state index contributed by atoms with van der Waals surface area (Å²) in [6, 6.07) is 8.02. The van der Waals surface area contributed by atoms with E-state index in [9.17, 15) is 0 Å². The van der Waals surface area contributed by atoms with Gasteiger partial charge in [0.2, 0.25) is 5.89 Å². The van der Waals surface area contributed by atoms with Crippen LogP contribution in [-0.4, -0.2) is 10.2 Å². The first-order chi connectivity index (χ1) is 9.54. The topological polar surface area (TPSA) is 41.8 Å². The van der Waals surface area contributed by atoms with Crippen molar-refractivity contribution in [2.75, 3.05) is 0 Å². The third-order valence-electron chi connectivity index (χ3n) is 3.34. The number of aromatic amines is 1. The molecule has 0 bridgehead atoms. The molecule has 0 fully saturated rings. The Morgan fingerprint density at radius 1 is 1.25 bits per heavy atom. The molecular weight excluding hydrogens is 292 g/mol. The van der Waals surface area contributed by atoms with E-state index in [2.05, 4.69) is 36.2 Å². The van der Waals surface area contributed by atoms with E-state index in [1.807, 2.05) is 12.1 Å². The van der Waals surface area contributed by atoms with Crippen molar-refractivity contribution in [3.8, 4) is 0 Å². The highest BCUT2D eigenvalue weighted by atomic mass is 35.5. The van der Waals surface area contributed by atoms with Gasteiger partial charge in [0.15, 0.2) is 0 Å². The second kappa shape index (κ2) is 7.04. The molecule has 0 spiro atoms. The summed E-state index contributed by atoms with van der Waals surface area (Å²) < 4.78 is 5.39. The van der Waals surface area contributed by atoms with Gasteiger partial charge in [0.05, 0.1) is 0 Å². The van der Waals surface area contributed by atoms with Crippen molar-refractivity contribution in [1.82, 2.24) is 10.2 Å². The average molecular weight is 311 g/mol. The van der Waals surface area contributed by atoms with E-state index in [4.69, 9.17) is 28.2 Å². The summed E-state index contributed by atoms with van der Waals surface area (Å²) >= 11 is 10.9. The molecule has 2 aromatic rings. The zero-order valence-electron chi connectivity index (χ0n) is 11.7.